The minimum Gasteiger partial charge on any atom is -0.357 e. The minimum atomic E-state index is -0.277. The van der Waals surface area contributed by atoms with Crippen LogP contribution in [-0.2, 0) is 4.74 Å². The Kier molecular flexibility index (Phi) is 5.27. The van der Waals surface area contributed by atoms with E-state index in [0.29, 0.717) is 6.04 Å². The molecule has 1 unspecified atom stereocenters. The molecule has 1 aromatic heterocycles. The predicted octanol–water partition coefficient (Wildman–Crippen LogP) is 2.93. The van der Waals surface area contributed by atoms with Gasteiger partial charge in [0.25, 0.3) is 0 Å². The molecule has 3 atom stereocenters. The first kappa shape index (κ1) is 17.5. The lowest BCUT2D eigenvalue weighted by atomic mass is 9.88. The standard InChI is InChI=1S/C21H30N2O/c1-20(2)11-7-12-21(3,24-20)13-8-16-23-15-5-4-10-19(23)18-9-6-14-22-17-18/h6,9,14,17,19H,4-5,7,10-12,15-16H2,1-3H3/p+1/t19-,21-/m1/s1. The van der Waals surface area contributed by atoms with Crippen LogP contribution >= 0.6 is 0 Å². The molecule has 2 aliphatic heterocycles. The quantitative estimate of drug-likeness (QED) is 0.846. The smallest absolute Gasteiger partial charge is 0.139 e. The van der Waals surface area contributed by atoms with Crippen molar-refractivity contribution in [1.82, 2.24) is 4.98 Å². The topological polar surface area (TPSA) is 26.6 Å². The summed E-state index contributed by atoms with van der Waals surface area (Å²) in [4.78, 5) is 5.89. The Labute approximate surface area is 146 Å². The summed E-state index contributed by atoms with van der Waals surface area (Å²) in [5, 5.41) is 0. The maximum Gasteiger partial charge on any atom is 0.139 e. The summed E-state index contributed by atoms with van der Waals surface area (Å²) in [6.07, 6.45) is 11.1. The van der Waals surface area contributed by atoms with E-state index in [2.05, 4.69) is 43.7 Å². The summed E-state index contributed by atoms with van der Waals surface area (Å²) in [5.41, 5.74) is 1.04. The van der Waals surface area contributed by atoms with E-state index in [1.165, 1.54) is 37.8 Å². The molecule has 1 aromatic rings. The summed E-state index contributed by atoms with van der Waals surface area (Å²) in [6.45, 7) is 8.63. The number of quaternary nitrogens is 1. The van der Waals surface area contributed by atoms with E-state index in [-0.39, 0.29) is 11.2 Å². The Morgan fingerprint density at radius 1 is 1.25 bits per heavy atom. The molecule has 130 valence electrons. The third-order valence-electron chi connectivity index (χ3n) is 5.42. The first-order valence-corrected chi connectivity index (χ1v) is 9.42. The van der Waals surface area contributed by atoms with Gasteiger partial charge >= 0.3 is 0 Å². The Balaban J connectivity index is 1.67. The molecule has 2 saturated heterocycles. The Hall–Kier alpha value is -1.37. The summed E-state index contributed by atoms with van der Waals surface area (Å²) >= 11 is 0. The van der Waals surface area contributed by atoms with Gasteiger partial charge in [-0.25, -0.2) is 0 Å². The number of aromatic nitrogens is 1. The molecule has 0 amide bonds. The van der Waals surface area contributed by atoms with Crippen molar-refractivity contribution in [1.29, 1.82) is 0 Å². The van der Waals surface area contributed by atoms with Crippen molar-refractivity contribution in [2.45, 2.75) is 76.5 Å². The Bertz CT molecular complexity index is 601. The lowest BCUT2D eigenvalue weighted by Crippen LogP contribution is -3.13. The fraction of sp³-hybridized carbons (Fsp3) is 0.667. The van der Waals surface area contributed by atoms with E-state index in [1.54, 1.807) is 4.90 Å². The fourth-order valence-corrected chi connectivity index (χ4v) is 4.27. The van der Waals surface area contributed by atoms with Crippen LogP contribution in [0.1, 0.15) is 70.9 Å². The van der Waals surface area contributed by atoms with Gasteiger partial charge in [-0.05, 0) is 64.9 Å². The average Bonchev–Trinajstić information content (AvgIpc) is 2.55. The number of likely N-dealkylation sites (tertiary alicyclic amines) is 1. The molecule has 0 aliphatic carbocycles. The second kappa shape index (κ2) is 7.25. The zero-order valence-electron chi connectivity index (χ0n) is 15.4. The van der Waals surface area contributed by atoms with Crippen molar-refractivity contribution in [2.75, 3.05) is 13.1 Å². The lowest BCUT2D eigenvalue weighted by Gasteiger charge is -2.40. The number of pyridine rings is 1. The highest BCUT2D eigenvalue weighted by atomic mass is 16.5. The molecule has 2 fully saturated rings. The molecule has 1 N–H and O–H groups in total. The highest BCUT2D eigenvalue weighted by molar-refractivity contribution is 5.16. The van der Waals surface area contributed by atoms with Crippen molar-refractivity contribution in [3.63, 3.8) is 0 Å². The molecular formula is C21H31N2O+. The summed E-state index contributed by atoms with van der Waals surface area (Å²) < 4.78 is 6.27. The zero-order chi connectivity index (χ0) is 17.0. The number of nitrogens with one attached hydrogen (secondary N) is 1. The van der Waals surface area contributed by atoms with Crippen LogP contribution in [0.3, 0.4) is 0 Å². The Morgan fingerprint density at radius 2 is 2.12 bits per heavy atom. The van der Waals surface area contributed by atoms with Crippen molar-refractivity contribution in [3.05, 3.63) is 30.1 Å². The van der Waals surface area contributed by atoms with Gasteiger partial charge in [0, 0.05) is 24.4 Å². The summed E-state index contributed by atoms with van der Waals surface area (Å²) in [5.74, 6) is 6.93. The fourth-order valence-electron chi connectivity index (χ4n) is 4.27. The molecule has 0 spiro atoms. The van der Waals surface area contributed by atoms with Gasteiger partial charge in [-0.3, -0.25) is 4.98 Å². The van der Waals surface area contributed by atoms with Gasteiger partial charge in [-0.2, -0.15) is 0 Å². The SMILES string of the molecule is CC1(C)CCC[C@](C)(C#CC[NH+]2CCCC[C@@H]2c2cccnc2)O1. The average molecular weight is 327 g/mol. The number of rotatable bonds is 2. The van der Waals surface area contributed by atoms with E-state index in [9.17, 15) is 0 Å². The van der Waals surface area contributed by atoms with Crippen LogP contribution in [0.25, 0.3) is 0 Å². The zero-order valence-corrected chi connectivity index (χ0v) is 15.4. The highest BCUT2D eigenvalue weighted by Crippen LogP contribution is 2.34. The normalized spacial score (nSPS) is 32.6. The second-order valence-electron chi connectivity index (χ2n) is 8.17. The van der Waals surface area contributed by atoms with Crippen molar-refractivity contribution in [2.24, 2.45) is 0 Å². The van der Waals surface area contributed by atoms with Gasteiger partial charge in [-0.15, -0.1) is 0 Å². The number of nitrogens with zero attached hydrogens (tertiary/aromatic N) is 1. The lowest BCUT2D eigenvalue weighted by molar-refractivity contribution is -0.930. The van der Waals surface area contributed by atoms with Crippen LogP contribution in [0.15, 0.2) is 24.5 Å². The second-order valence-corrected chi connectivity index (χ2v) is 8.17. The summed E-state index contributed by atoms with van der Waals surface area (Å²) in [7, 11) is 0. The first-order chi connectivity index (χ1) is 11.5. The van der Waals surface area contributed by atoms with E-state index in [1.807, 2.05) is 18.5 Å². The molecule has 0 saturated carbocycles. The molecule has 0 aromatic carbocycles. The van der Waals surface area contributed by atoms with Gasteiger partial charge in [0.2, 0.25) is 0 Å². The maximum absolute atomic E-state index is 6.27. The molecule has 3 heteroatoms. The molecule has 3 heterocycles. The van der Waals surface area contributed by atoms with Gasteiger partial charge in [0.15, 0.2) is 0 Å². The van der Waals surface area contributed by atoms with Crippen LogP contribution < -0.4 is 4.90 Å². The monoisotopic (exact) mass is 327 g/mol. The van der Waals surface area contributed by atoms with E-state index < -0.39 is 0 Å². The number of ether oxygens (including phenoxy) is 1. The van der Waals surface area contributed by atoms with Crippen molar-refractivity contribution < 1.29 is 9.64 Å². The van der Waals surface area contributed by atoms with Gasteiger partial charge in [0.05, 0.1) is 12.1 Å². The van der Waals surface area contributed by atoms with E-state index >= 15 is 0 Å². The molecule has 3 nitrogen and oxygen atoms in total. The van der Waals surface area contributed by atoms with Crippen LogP contribution in [-0.4, -0.2) is 29.3 Å². The summed E-state index contributed by atoms with van der Waals surface area (Å²) in [6, 6.07) is 4.80. The molecule has 0 radical (unpaired) electrons. The van der Waals surface area contributed by atoms with Crippen LogP contribution in [0.4, 0.5) is 0 Å². The number of piperidine rings is 1. The van der Waals surface area contributed by atoms with Crippen LogP contribution in [0.5, 0.6) is 0 Å². The number of hydrogen-bond acceptors (Lipinski definition) is 2. The van der Waals surface area contributed by atoms with E-state index in [0.717, 1.165) is 19.4 Å². The van der Waals surface area contributed by atoms with Crippen molar-refractivity contribution in [3.8, 4) is 11.8 Å². The van der Waals surface area contributed by atoms with Gasteiger partial charge in [0.1, 0.15) is 18.2 Å². The first-order valence-electron chi connectivity index (χ1n) is 9.42. The van der Waals surface area contributed by atoms with Crippen LogP contribution in [0, 0.1) is 11.8 Å². The highest BCUT2D eigenvalue weighted by Gasteiger charge is 2.36. The molecule has 0 bridgehead atoms. The third kappa shape index (κ3) is 4.37. The van der Waals surface area contributed by atoms with Crippen LogP contribution in [0.2, 0.25) is 0 Å². The predicted molar refractivity (Wildman–Crippen MR) is 96.7 cm³/mol. The molecule has 2 aliphatic rings. The van der Waals surface area contributed by atoms with Gasteiger partial charge in [-0.1, -0.05) is 12.0 Å². The van der Waals surface area contributed by atoms with Crippen molar-refractivity contribution >= 4 is 0 Å². The molecule has 3 rings (SSSR count). The minimum absolute atomic E-state index is 0.0437. The van der Waals surface area contributed by atoms with Gasteiger partial charge < -0.3 is 9.64 Å². The molecular weight excluding hydrogens is 296 g/mol. The third-order valence-corrected chi connectivity index (χ3v) is 5.42. The molecule has 24 heavy (non-hydrogen) atoms. The Morgan fingerprint density at radius 3 is 2.88 bits per heavy atom. The van der Waals surface area contributed by atoms with E-state index in [4.69, 9.17) is 4.74 Å². The largest absolute Gasteiger partial charge is 0.357 e. The number of hydrogen-bond donors (Lipinski definition) is 1. The maximum atomic E-state index is 6.27.